The molecule has 0 amide bonds. The highest BCUT2D eigenvalue weighted by Crippen LogP contribution is 2.27. The first-order valence-corrected chi connectivity index (χ1v) is 11.2. The number of imidazole rings is 1. The minimum Gasteiger partial charge on any atom is -0.480 e. The van der Waals surface area contributed by atoms with Crippen molar-refractivity contribution in [3.63, 3.8) is 0 Å². The van der Waals surface area contributed by atoms with Crippen LogP contribution in [-0.2, 0) is 21.2 Å². The summed E-state index contributed by atoms with van der Waals surface area (Å²) in [5.41, 5.74) is 0.994. The predicted molar refractivity (Wildman–Crippen MR) is 113 cm³/mol. The number of hydrogen-bond acceptors (Lipinski definition) is 8. The number of nitrogens with one attached hydrogen (secondary N) is 1. The van der Waals surface area contributed by atoms with Gasteiger partial charge >= 0.3 is 5.97 Å². The second kappa shape index (κ2) is 9.29. The average molecular weight is 463 g/mol. The van der Waals surface area contributed by atoms with Crippen LogP contribution in [0.4, 0.5) is 5.69 Å². The van der Waals surface area contributed by atoms with Gasteiger partial charge in [-0.3, -0.25) is 14.9 Å². The maximum Gasteiger partial charge on any atom is 0.321 e. The van der Waals surface area contributed by atoms with E-state index < -0.39 is 27.0 Å². The van der Waals surface area contributed by atoms with E-state index in [4.69, 9.17) is 0 Å². The summed E-state index contributed by atoms with van der Waals surface area (Å²) in [6.45, 7) is 1.84. The molecule has 0 saturated carbocycles. The highest BCUT2D eigenvalue weighted by Gasteiger charge is 2.23. The van der Waals surface area contributed by atoms with Crippen molar-refractivity contribution in [2.75, 3.05) is 0 Å². The summed E-state index contributed by atoms with van der Waals surface area (Å²) in [7, 11) is -3.86. The summed E-state index contributed by atoms with van der Waals surface area (Å²) in [5.74, 6) is -1.21. The number of aliphatic carboxylic acids is 1. The largest absolute Gasteiger partial charge is 0.480 e. The number of aryl methyl sites for hydroxylation is 1. The van der Waals surface area contributed by atoms with E-state index in [1.165, 1.54) is 36.5 Å². The smallest absolute Gasteiger partial charge is 0.321 e. The van der Waals surface area contributed by atoms with Crippen molar-refractivity contribution in [2.45, 2.75) is 29.2 Å². The molecule has 162 valence electrons. The molecular formula is C19H18N4O6S2. The van der Waals surface area contributed by atoms with E-state index in [0.29, 0.717) is 0 Å². The van der Waals surface area contributed by atoms with Gasteiger partial charge in [-0.05, 0) is 37.1 Å². The lowest BCUT2D eigenvalue weighted by molar-refractivity contribution is -0.387. The SMILES string of the molecule is Cc1ccc(S(=O)(=O)n2cnc(C[C@H](NSc3ccccc3[N+](=O)[O-])C(=O)O)c2)cc1. The monoisotopic (exact) mass is 462 g/mol. The number of carboxylic acid groups (broad SMARTS) is 1. The first-order valence-electron chi connectivity index (χ1n) is 8.92. The van der Waals surface area contributed by atoms with Gasteiger partial charge in [0.2, 0.25) is 0 Å². The van der Waals surface area contributed by atoms with Crippen LogP contribution >= 0.6 is 11.9 Å². The number of nitrogens with zero attached hydrogens (tertiary/aromatic N) is 3. The van der Waals surface area contributed by atoms with E-state index in [-0.39, 0.29) is 27.6 Å². The van der Waals surface area contributed by atoms with Gasteiger partial charge in [0, 0.05) is 18.7 Å². The molecule has 10 nitrogen and oxygen atoms in total. The lowest BCUT2D eigenvalue weighted by Gasteiger charge is -2.12. The Hall–Kier alpha value is -3.22. The summed E-state index contributed by atoms with van der Waals surface area (Å²) < 4.78 is 29.0. The van der Waals surface area contributed by atoms with Crippen LogP contribution in [0.1, 0.15) is 11.3 Å². The van der Waals surface area contributed by atoms with E-state index in [9.17, 15) is 28.4 Å². The molecule has 1 heterocycles. The third kappa shape index (κ3) is 5.29. The summed E-state index contributed by atoms with van der Waals surface area (Å²) >= 11 is 0.816. The Balaban J connectivity index is 1.75. The minimum atomic E-state index is -3.86. The fourth-order valence-corrected chi connectivity index (χ4v) is 4.63. The van der Waals surface area contributed by atoms with Crippen LogP contribution in [0.15, 0.2) is 70.8 Å². The van der Waals surface area contributed by atoms with Crippen LogP contribution in [-0.4, -0.2) is 39.4 Å². The van der Waals surface area contributed by atoms with Crippen LogP contribution in [0.25, 0.3) is 0 Å². The van der Waals surface area contributed by atoms with Crippen LogP contribution in [0.3, 0.4) is 0 Å². The minimum absolute atomic E-state index is 0.0851. The zero-order chi connectivity index (χ0) is 22.6. The Morgan fingerprint density at radius 1 is 1.26 bits per heavy atom. The summed E-state index contributed by atoms with van der Waals surface area (Å²) in [6, 6.07) is 11.1. The van der Waals surface area contributed by atoms with Gasteiger partial charge in [-0.2, -0.15) is 0 Å². The maximum atomic E-state index is 12.7. The van der Waals surface area contributed by atoms with E-state index in [1.54, 1.807) is 18.2 Å². The number of hydrogen-bond donors (Lipinski definition) is 2. The highest BCUT2D eigenvalue weighted by atomic mass is 32.2. The molecule has 1 atom stereocenters. The van der Waals surface area contributed by atoms with Crippen LogP contribution in [0.5, 0.6) is 0 Å². The normalized spacial score (nSPS) is 12.4. The third-order valence-electron chi connectivity index (χ3n) is 4.29. The van der Waals surface area contributed by atoms with Crippen molar-refractivity contribution in [3.05, 3.63) is 82.4 Å². The summed E-state index contributed by atoms with van der Waals surface area (Å²) in [5, 5.41) is 20.6. The molecule has 31 heavy (non-hydrogen) atoms. The molecule has 2 N–H and O–H groups in total. The number of aromatic nitrogens is 2. The quantitative estimate of drug-likeness (QED) is 0.278. The number of nitro benzene ring substituents is 1. The Bertz CT molecular complexity index is 1210. The Morgan fingerprint density at radius 3 is 2.58 bits per heavy atom. The predicted octanol–water partition coefficient (Wildman–Crippen LogP) is 2.63. The van der Waals surface area contributed by atoms with Crippen LogP contribution < -0.4 is 4.72 Å². The standard InChI is InChI=1S/C19H18N4O6S2/c1-13-6-8-15(9-7-13)31(28,29)22-11-14(20-12-22)10-16(19(24)25)21-30-18-5-3-2-4-17(18)23(26)27/h2-9,11-12,16,21H,10H2,1H3,(H,24,25)/t16-/m0/s1. The third-order valence-corrected chi connectivity index (χ3v) is 6.88. The number of para-hydroxylation sites is 1. The van der Waals surface area contributed by atoms with Crippen molar-refractivity contribution in [1.29, 1.82) is 0 Å². The van der Waals surface area contributed by atoms with Crippen molar-refractivity contribution < 1.29 is 23.2 Å². The summed E-state index contributed by atoms with van der Waals surface area (Å²) in [6.07, 6.45) is 2.24. The maximum absolute atomic E-state index is 12.7. The van der Waals surface area contributed by atoms with Crippen molar-refractivity contribution in [2.24, 2.45) is 0 Å². The molecule has 3 aromatic rings. The highest BCUT2D eigenvalue weighted by molar-refractivity contribution is 7.97. The molecule has 0 aliphatic heterocycles. The number of nitro groups is 1. The first-order chi connectivity index (χ1) is 14.7. The van der Waals surface area contributed by atoms with E-state index >= 15 is 0 Å². The molecule has 0 aliphatic rings. The van der Waals surface area contributed by atoms with Crippen LogP contribution in [0.2, 0.25) is 0 Å². The average Bonchev–Trinajstić information content (AvgIpc) is 3.21. The molecule has 0 radical (unpaired) electrons. The van der Waals surface area contributed by atoms with E-state index in [0.717, 1.165) is 27.8 Å². The Morgan fingerprint density at radius 2 is 1.94 bits per heavy atom. The molecule has 12 heteroatoms. The second-order valence-corrected chi connectivity index (χ2v) is 9.28. The molecule has 0 bridgehead atoms. The number of rotatable bonds is 9. The Labute approximate surface area is 182 Å². The van der Waals surface area contributed by atoms with Gasteiger partial charge in [0.15, 0.2) is 0 Å². The second-order valence-electron chi connectivity index (χ2n) is 6.55. The molecule has 0 aliphatic carbocycles. The molecule has 0 unspecified atom stereocenters. The topological polar surface area (TPSA) is 144 Å². The van der Waals surface area contributed by atoms with Gasteiger partial charge in [0.1, 0.15) is 17.3 Å². The van der Waals surface area contributed by atoms with Gasteiger partial charge in [-0.25, -0.2) is 22.1 Å². The van der Waals surface area contributed by atoms with E-state index in [2.05, 4.69) is 9.71 Å². The molecule has 1 aromatic heterocycles. The Kier molecular flexibility index (Phi) is 6.73. The lowest BCUT2D eigenvalue weighted by Crippen LogP contribution is -2.34. The van der Waals surface area contributed by atoms with Gasteiger partial charge in [0.05, 0.1) is 15.5 Å². The molecular weight excluding hydrogens is 444 g/mol. The molecule has 2 aromatic carbocycles. The fourth-order valence-electron chi connectivity index (χ4n) is 2.63. The first kappa shape index (κ1) is 22.5. The molecule has 0 spiro atoms. The summed E-state index contributed by atoms with van der Waals surface area (Å²) in [4.78, 5) is 26.5. The molecule has 0 fully saturated rings. The van der Waals surface area contributed by atoms with Crippen LogP contribution in [0, 0.1) is 17.0 Å². The number of carbonyl (C=O) groups is 1. The van der Waals surface area contributed by atoms with Crippen molar-refractivity contribution >= 4 is 33.6 Å². The van der Waals surface area contributed by atoms with Gasteiger partial charge in [-0.1, -0.05) is 29.8 Å². The number of benzene rings is 2. The number of carboxylic acids is 1. The molecule has 0 saturated heterocycles. The van der Waals surface area contributed by atoms with Gasteiger partial charge in [-0.15, -0.1) is 0 Å². The fraction of sp³-hybridized carbons (Fsp3) is 0.158. The lowest BCUT2D eigenvalue weighted by atomic mass is 10.2. The van der Waals surface area contributed by atoms with Gasteiger partial charge < -0.3 is 5.11 Å². The van der Waals surface area contributed by atoms with E-state index in [1.807, 2.05) is 6.92 Å². The van der Waals surface area contributed by atoms with Crippen molar-refractivity contribution in [3.8, 4) is 0 Å². The zero-order valence-electron chi connectivity index (χ0n) is 16.2. The zero-order valence-corrected chi connectivity index (χ0v) is 17.8. The van der Waals surface area contributed by atoms with Crippen molar-refractivity contribution in [1.82, 2.24) is 13.7 Å². The van der Waals surface area contributed by atoms with Gasteiger partial charge in [0.25, 0.3) is 15.7 Å². The molecule has 3 rings (SSSR count).